The molecule has 0 spiro atoms. The van der Waals surface area contributed by atoms with Crippen LogP contribution in [0, 0.1) is 0 Å². The molecular weight excluding hydrogens is 267 g/mol. The topological polar surface area (TPSA) is 45.8 Å². The summed E-state index contributed by atoms with van der Waals surface area (Å²) in [7, 11) is -1.22. The van der Waals surface area contributed by atoms with Crippen molar-refractivity contribution < 1.29 is 4.21 Å². The zero-order valence-electron chi connectivity index (χ0n) is 8.11. The summed E-state index contributed by atoms with van der Waals surface area (Å²) >= 11 is 11.8. The van der Waals surface area contributed by atoms with Gasteiger partial charge >= 0.3 is 0 Å². The molecule has 1 N–H and O–H groups in total. The summed E-state index contributed by atoms with van der Waals surface area (Å²) in [5.74, 6) is 0.347. The Balaban J connectivity index is 2.24. The molecule has 1 atom stereocenters. The first kappa shape index (κ1) is 11.6. The highest BCUT2D eigenvalue weighted by atomic mass is 35.5. The second-order valence-corrected chi connectivity index (χ2v) is 5.32. The molecule has 0 saturated heterocycles. The van der Waals surface area contributed by atoms with Crippen LogP contribution in [0.25, 0.3) is 0 Å². The number of aromatic nitrogens is 2. The Labute approximate surface area is 105 Å². The Morgan fingerprint density at radius 3 is 2.88 bits per heavy atom. The number of nitrogens with zero attached hydrogens (tertiary/aromatic N) is 1. The molecule has 1 unspecified atom stereocenters. The number of aromatic amines is 1. The third kappa shape index (κ3) is 2.45. The summed E-state index contributed by atoms with van der Waals surface area (Å²) in [5, 5.41) is 0.763. The normalized spacial score (nSPS) is 12.6. The largest absolute Gasteiger partial charge is 0.348 e. The molecule has 6 heteroatoms. The van der Waals surface area contributed by atoms with Gasteiger partial charge in [-0.15, -0.1) is 0 Å². The monoisotopic (exact) mass is 274 g/mol. The van der Waals surface area contributed by atoms with Crippen molar-refractivity contribution in [1.82, 2.24) is 9.97 Å². The number of hydrogen-bond acceptors (Lipinski definition) is 2. The predicted octanol–water partition coefficient (Wildman–Crippen LogP) is 3.02. The zero-order valence-corrected chi connectivity index (χ0v) is 10.4. The third-order valence-corrected chi connectivity index (χ3v) is 4.34. The Kier molecular flexibility index (Phi) is 3.63. The van der Waals surface area contributed by atoms with E-state index in [1.165, 1.54) is 0 Å². The van der Waals surface area contributed by atoms with Gasteiger partial charge in [-0.3, -0.25) is 4.21 Å². The minimum absolute atomic E-state index is 0.347. The van der Waals surface area contributed by atoms with Gasteiger partial charge in [-0.1, -0.05) is 29.3 Å². The Morgan fingerprint density at radius 1 is 1.38 bits per heavy atom. The van der Waals surface area contributed by atoms with Gasteiger partial charge in [-0.2, -0.15) is 0 Å². The van der Waals surface area contributed by atoms with Crippen LogP contribution in [0.4, 0.5) is 0 Å². The first-order chi connectivity index (χ1) is 7.68. The lowest BCUT2D eigenvalue weighted by molar-refractivity contribution is 0.682. The Hall–Kier alpha value is -0.840. The van der Waals surface area contributed by atoms with Gasteiger partial charge in [0.1, 0.15) is 0 Å². The van der Waals surface area contributed by atoms with Crippen molar-refractivity contribution in [3.8, 4) is 0 Å². The second kappa shape index (κ2) is 4.99. The van der Waals surface area contributed by atoms with Crippen LogP contribution in [0.2, 0.25) is 10.0 Å². The van der Waals surface area contributed by atoms with Gasteiger partial charge in [0, 0.05) is 11.9 Å². The molecule has 0 aliphatic rings. The second-order valence-electron chi connectivity index (χ2n) is 3.12. The van der Waals surface area contributed by atoms with E-state index in [4.69, 9.17) is 23.2 Å². The number of benzene rings is 1. The lowest BCUT2D eigenvalue weighted by Crippen LogP contribution is -1.97. The van der Waals surface area contributed by atoms with Gasteiger partial charge in [-0.25, -0.2) is 4.98 Å². The zero-order chi connectivity index (χ0) is 11.5. The maximum absolute atomic E-state index is 12.0. The molecule has 2 aromatic rings. The molecule has 1 aromatic heterocycles. The molecule has 2 rings (SSSR count). The van der Waals surface area contributed by atoms with Crippen LogP contribution in [-0.4, -0.2) is 14.2 Å². The third-order valence-electron chi connectivity index (χ3n) is 2.00. The SMILES string of the molecule is O=S(Cc1cnc[nH]1)c1cccc(Cl)c1Cl. The summed E-state index contributed by atoms with van der Waals surface area (Å²) in [5.41, 5.74) is 0.800. The highest BCUT2D eigenvalue weighted by Crippen LogP contribution is 2.28. The van der Waals surface area contributed by atoms with Gasteiger partial charge in [0.05, 0.1) is 37.8 Å². The maximum Gasteiger partial charge on any atom is 0.0922 e. The first-order valence-corrected chi connectivity index (χ1v) is 6.55. The van der Waals surface area contributed by atoms with Crippen LogP contribution in [0.1, 0.15) is 5.69 Å². The summed E-state index contributed by atoms with van der Waals surface area (Å²) in [6.07, 6.45) is 3.18. The van der Waals surface area contributed by atoms with Gasteiger partial charge in [0.15, 0.2) is 0 Å². The number of nitrogens with one attached hydrogen (secondary N) is 1. The van der Waals surface area contributed by atoms with E-state index in [0.29, 0.717) is 20.7 Å². The summed E-state index contributed by atoms with van der Waals surface area (Å²) in [4.78, 5) is 7.30. The van der Waals surface area contributed by atoms with Crippen LogP contribution >= 0.6 is 23.2 Å². The van der Waals surface area contributed by atoms with Crippen molar-refractivity contribution >= 4 is 34.0 Å². The first-order valence-electron chi connectivity index (χ1n) is 4.48. The number of rotatable bonds is 3. The van der Waals surface area contributed by atoms with Crippen molar-refractivity contribution in [1.29, 1.82) is 0 Å². The molecule has 0 radical (unpaired) electrons. The van der Waals surface area contributed by atoms with Crippen LogP contribution in [0.5, 0.6) is 0 Å². The van der Waals surface area contributed by atoms with E-state index in [1.807, 2.05) is 0 Å². The molecule has 0 aliphatic carbocycles. The smallest absolute Gasteiger partial charge is 0.0922 e. The van der Waals surface area contributed by atoms with Crippen LogP contribution in [-0.2, 0) is 16.6 Å². The van der Waals surface area contributed by atoms with Gasteiger partial charge in [0.25, 0.3) is 0 Å². The lowest BCUT2D eigenvalue weighted by atomic mass is 10.4. The van der Waals surface area contributed by atoms with E-state index in [0.717, 1.165) is 5.69 Å². The fraction of sp³-hybridized carbons (Fsp3) is 0.100. The quantitative estimate of drug-likeness (QED) is 0.935. The molecule has 1 heterocycles. The maximum atomic E-state index is 12.0. The van der Waals surface area contributed by atoms with Gasteiger partial charge in [-0.05, 0) is 12.1 Å². The standard InChI is InChI=1S/C10H8Cl2N2OS/c11-8-2-1-3-9(10(8)12)16(15)5-7-4-13-6-14-7/h1-4,6H,5H2,(H,13,14). The highest BCUT2D eigenvalue weighted by molar-refractivity contribution is 7.84. The molecule has 84 valence electrons. The summed E-state index contributed by atoms with van der Waals surface area (Å²) < 4.78 is 12.0. The van der Waals surface area contributed by atoms with Crippen LogP contribution in [0.3, 0.4) is 0 Å². The predicted molar refractivity (Wildman–Crippen MR) is 65.2 cm³/mol. The lowest BCUT2D eigenvalue weighted by Gasteiger charge is -2.04. The van der Waals surface area contributed by atoms with E-state index in [9.17, 15) is 4.21 Å². The number of H-pyrrole nitrogens is 1. The van der Waals surface area contributed by atoms with Gasteiger partial charge in [0.2, 0.25) is 0 Å². The molecule has 0 saturated carbocycles. The molecule has 0 amide bonds. The number of hydrogen-bond donors (Lipinski definition) is 1. The number of imidazole rings is 1. The van der Waals surface area contributed by atoms with Crippen molar-refractivity contribution in [2.24, 2.45) is 0 Å². The molecule has 0 bridgehead atoms. The molecule has 0 fully saturated rings. The Bertz CT molecular complexity index is 514. The highest BCUT2D eigenvalue weighted by Gasteiger charge is 2.12. The molecule has 3 nitrogen and oxygen atoms in total. The summed E-state index contributed by atoms with van der Waals surface area (Å²) in [6, 6.07) is 5.11. The van der Waals surface area contributed by atoms with Crippen LogP contribution < -0.4 is 0 Å². The van der Waals surface area contributed by atoms with Crippen molar-refractivity contribution in [3.63, 3.8) is 0 Å². The molecule has 16 heavy (non-hydrogen) atoms. The summed E-state index contributed by atoms with van der Waals surface area (Å²) in [6.45, 7) is 0. The average molecular weight is 275 g/mol. The molecular formula is C10H8Cl2N2OS. The van der Waals surface area contributed by atoms with E-state index < -0.39 is 10.8 Å². The van der Waals surface area contributed by atoms with E-state index in [-0.39, 0.29) is 0 Å². The van der Waals surface area contributed by atoms with Gasteiger partial charge < -0.3 is 4.98 Å². The van der Waals surface area contributed by atoms with Crippen molar-refractivity contribution in [3.05, 3.63) is 46.5 Å². The minimum Gasteiger partial charge on any atom is -0.348 e. The van der Waals surface area contributed by atoms with E-state index in [1.54, 1.807) is 30.7 Å². The minimum atomic E-state index is -1.22. The fourth-order valence-corrected chi connectivity index (χ4v) is 2.99. The van der Waals surface area contributed by atoms with Crippen molar-refractivity contribution in [2.45, 2.75) is 10.6 Å². The molecule has 1 aromatic carbocycles. The van der Waals surface area contributed by atoms with Crippen LogP contribution in [0.15, 0.2) is 35.6 Å². The number of halogens is 2. The molecule has 0 aliphatic heterocycles. The van der Waals surface area contributed by atoms with E-state index in [2.05, 4.69) is 9.97 Å². The van der Waals surface area contributed by atoms with E-state index >= 15 is 0 Å². The fourth-order valence-electron chi connectivity index (χ4n) is 1.24. The Morgan fingerprint density at radius 2 is 2.19 bits per heavy atom. The van der Waals surface area contributed by atoms with Crippen molar-refractivity contribution in [2.75, 3.05) is 0 Å². The average Bonchev–Trinajstić information content (AvgIpc) is 2.74.